The third-order valence-corrected chi connectivity index (χ3v) is 3.81. The molecule has 0 unspecified atom stereocenters. The van der Waals surface area contributed by atoms with Crippen LogP contribution in [0.15, 0.2) is 11.5 Å². The maximum atomic E-state index is 11.7. The van der Waals surface area contributed by atoms with Crippen molar-refractivity contribution in [2.45, 2.75) is 24.1 Å². The minimum atomic E-state index is -3.35. The lowest BCUT2D eigenvalue weighted by Crippen LogP contribution is -2.17. The molecule has 0 saturated heterocycles. The Hall–Kier alpha value is -0.950. The lowest BCUT2D eigenvalue weighted by Gasteiger charge is -2.03. The second-order valence-corrected chi connectivity index (χ2v) is 5.56. The second kappa shape index (κ2) is 3.90. The van der Waals surface area contributed by atoms with Crippen LogP contribution < -0.4 is 0 Å². The number of nitrogens with zero attached hydrogens (tertiary/aromatic N) is 3. The third kappa shape index (κ3) is 2.54. The van der Waals surface area contributed by atoms with Gasteiger partial charge in [-0.15, -0.1) is 0 Å². The van der Waals surface area contributed by atoms with Gasteiger partial charge in [-0.25, -0.2) is 18.1 Å². The molecule has 7 heteroatoms. The topological polar surface area (TPSA) is 74.1 Å². The molecule has 1 fully saturated rings. The number of rotatable bonds is 5. The van der Waals surface area contributed by atoms with Crippen molar-refractivity contribution in [2.24, 2.45) is 7.05 Å². The van der Waals surface area contributed by atoms with E-state index < -0.39 is 9.84 Å². The van der Waals surface area contributed by atoms with Crippen LogP contribution in [0, 0.1) is 0 Å². The summed E-state index contributed by atoms with van der Waals surface area (Å²) in [5.41, 5.74) is 0. The summed E-state index contributed by atoms with van der Waals surface area (Å²) in [5, 5.41) is 3.73. The minimum absolute atomic E-state index is 0.00176. The van der Waals surface area contributed by atoms with Crippen molar-refractivity contribution in [3.63, 3.8) is 0 Å². The highest BCUT2D eigenvalue weighted by Gasteiger charge is 2.25. The first-order valence-corrected chi connectivity index (χ1v) is 6.43. The molecule has 1 aromatic rings. The molecule has 0 spiro atoms. The molecular formula is C8H13N3O3S. The summed E-state index contributed by atoms with van der Waals surface area (Å²) >= 11 is 0. The van der Waals surface area contributed by atoms with E-state index in [1.807, 2.05) is 0 Å². The Morgan fingerprint density at radius 3 is 2.87 bits per heavy atom. The van der Waals surface area contributed by atoms with Gasteiger partial charge < -0.3 is 4.74 Å². The highest BCUT2D eigenvalue weighted by molar-refractivity contribution is 7.91. The Balaban J connectivity index is 1.96. The average molecular weight is 231 g/mol. The molecule has 0 amide bonds. The van der Waals surface area contributed by atoms with Gasteiger partial charge in [0, 0.05) is 7.05 Å². The van der Waals surface area contributed by atoms with Crippen molar-refractivity contribution in [1.29, 1.82) is 0 Å². The number of sulfone groups is 1. The summed E-state index contributed by atoms with van der Waals surface area (Å²) in [6, 6.07) is 0. The normalized spacial score (nSPS) is 16.9. The highest BCUT2D eigenvalue weighted by atomic mass is 32.2. The van der Waals surface area contributed by atoms with Crippen LogP contribution in [0.1, 0.15) is 12.8 Å². The lowest BCUT2D eigenvalue weighted by molar-refractivity contribution is 0.134. The fraction of sp³-hybridized carbons (Fsp3) is 0.750. The van der Waals surface area contributed by atoms with Crippen LogP contribution in [0.5, 0.6) is 0 Å². The Labute approximate surface area is 88.2 Å². The first-order chi connectivity index (χ1) is 7.09. The van der Waals surface area contributed by atoms with Crippen molar-refractivity contribution < 1.29 is 13.2 Å². The van der Waals surface area contributed by atoms with E-state index in [1.54, 1.807) is 7.05 Å². The standard InChI is InChI=1S/C8H13N3O3S/c1-11-8(9-6-10-11)15(12,13)5-4-14-7-2-3-7/h6-7H,2-5H2,1H3. The lowest BCUT2D eigenvalue weighted by atomic mass is 10.8. The fourth-order valence-electron chi connectivity index (χ4n) is 1.22. The molecule has 84 valence electrons. The number of ether oxygens (including phenoxy) is 1. The van der Waals surface area contributed by atoms with Gasteiger partial charge >= 0.3 is 0 Å². The van der Waals surface area contributed by atoms with Crippen molar-refractivity contribution in [3.05, 3.63) is 6.33 Å². The summed E-state index contributed by atoms with van der Waals surface area (Å²) in [6.07, 6.45) is 3.60. The second-order valence-electron chi connectivity index (χ2n) is 3.56. The van der Waals surface area contributed by atoms with Crippen LogP contribution >= 0.6 is 0 Å². The first-order valence-electron chi connectivity index (χ1n) is 4.78. The molecule has 0 bridgehead atoms. The van der Waals surface area contributed by atoms with Crippen LogP contribution in [-0.2, 0) is 21.6 Å². The highest BCUT2D eigenvalue weighted by Crippen LogP contribution is 2.23. The molecule has 1 aromatic heterocycles. The molecule has 0 aromatic carbocycles. The van der Waals surface area contributed by atoms with E-state index in [0.29, 0.717) is 0 Å². The quantitative estimate of drug-likeness (QED) is 0.699. The summed E-state index contributed by atoms with van der Waals surface area (Å²) in [5.74, 6) is -0.0317. The minimum Gasteiger partial charge on any atom is -0.377 e. The van der Waals surface area contributed by atoms with Crippen molar-refractivity contribution in [3.8, 4) is 0 Å². The van der Waals surface area contributed by atoms with Gasteiger partial charge in [0.15, 0.2) is 0 Å². The molecule has 1 aliphatic carbocycles. The van der Waals surface area contributed by atoms with Gasteiger partial charge in [-0.1, -0.05) is 0 Å². The Morgan fingerprint density at radius 2 is 2.33 bits per heavy atom. The van der Waals surface area contributed by atoms with Gasteiger partial charge in [0.05, 0.1) is 18.5 Å². The van der Waals surface area contributed by atoms with Crippen LogP contribution in [0.3, 0.4) is 0 Å². The van der Waals surface area contributed by atoms with E-state index >= 15 is 0 Å². The van der Waals surface area contributed by atoms with Gasteiger partial charge in [-0.05, 0) is 12.8 Å². The largest absolute Gasteiger partial charge is 0.377 e. The van der Waals surface area contributed by atoms with Crippen molar-refractivity contribution in [2.75, 3.05) is 12.4 Å². The summed E-state index contributed by atoms with van der Waals surface area (Å²) in [6.45, 7) is 0.236. The van der Waals surface area contributed by atoms with Crippen LogP contribution in [-0.4, -0.2) is 41.6 Å². The monoisotopic (exact) mass is 231 g/mol. The summed E-state index contributed by atoms with van der Waals surface area (Å²) < 4.78 is 30.0. The zero-order valence-corrected chi connectivity index (χ0v) is 9.27. The zero-order chi connectivity index (χ0) is 10.9. The van der Waals surface area contributed by atoms with Crippen molar-refractivity contribution >= 4 is 9.84 Å². The van der Waals surface area contributed by atoms with Gasteiger partial charge in [0.2, 0.25) is 15.0 Å². The molecule has 0 atom stereocenters. The molecule has 15 heavy (non-hydrogen) atoms. The maximum Gasteiger partial charge on any atom is 0.245 e. The molecule has 0 aliphatic heterocycles. The number of hydrogen-bond donors (Lipinski definition) is 0. The molecule has 6 nitrogen and oxygen atoms in total. The smallest absolute Gasteiger partial charge is 0.245 e. The van der Waals surface area contributed by atoms with Gasteiger partial charge in [-0.3, -0.25) is 0 Å². The number of hydrogen-bond acceptors (Lipinski definition) is 5. The van der Waals surface area contributed by atoms with Gasteiger partial charge in [0.25, 0.3) is 0 Å². The zero-order valence-electron chi connectivity index (χ0n) is 8.46. The fourth-order valence-corrected chi connectivity index (χ4v) is 2.37. The Morgan fingerprint density at radius 1 is 1.60 bits per heavy atom. The van der Waals surface area contributed by atoms with Gasteiger partial charge in [-0.2, -0.15) is 5.10 Å². The summed E-state index contributed by atoms with van der Waals surface area (Å²) in [4.78, 5) is 3.71. The first kappa shape index (κ1) is 10.6. The van der Waals surface area contributed by atoms with Crippen LogP contribution in [0.25, 0.3) is 0 Å². The third-order valence-electron chi connectivity index (χ3n) is 2.18. The number of aryl methyl sites for hydroxylation is 1. The molecule has 0 N–H and O–H groups in total. The van der Waals surface area contributed by atoms with Crippen molar-refractivity contribution in [1.82, 2.24) is 14.8 Å². The van der Waals surface area contributed by atoms with Crippen LogP contribution in [0.4, 0.5) is 0 Å². The van der Waals surface area contributed by atoms with E-state index in [9.17, 15) is 8.42 Å². The van der Waals surface area contributed by atoms with E-state index in [2.05, 4.69) is 10.1 Å². The predicted octanol–water partition coefficient (Wildman–Crippen LogP) is -0.232. The van der Waals surface area contributed by atoms with E-state index in [-0.39, 0.29) is 23.6 Å². The van der Waals surface area contributed by atoms with E-state index in [4.69, 9.17) is 4.74 Å². The average Bonchev–Trinajstić information content (AvgIpc) is 2.86. The molecule has 1 heterocycles. The molecule has 0 radical (unpaired) electrons. The molecular weight excluding hydrogens is 218 g/mol. The van der Waals surface area contributed by atoms with Crippen LogP contribution in [0.2, 0.25) is 0 Å². The predicted molar refractivity (Wildman–Crippen MR) is 52.0 cm³/mol. The SMILES string of the molecule is Cn1ncnc1S(=O)(=O)CCOC1CC1. The molecule has 1 aliphatic rings. The Bertz CT molecular complexity index is 436. The molecule has 2 rings (SSSR count). The van der Waals surface area contributed by atoms with E-state index in [1.165, 1.54) is 11.0 Å². The summed E-state index contributed by atoms with van der Waals surface area (Å²) in [7, 11) is -1.79. The van der Waals surface area contributed by atoms with E-state index in [0.717, 1.165) is 12.8 Å². The molecule has 1 saturated carbocycles. The Kier molecular flexibility index (Phi) is 2.74. The van der Waals surface area contributed by atoms with Gasteiger partial charge in [0.1, 0.15) is 6.33 Å². The number of aromatic nitrogens is 3. The maximum absolute atomic E-state index is 11.7.